The highest BCUT2D eigenvalue weighted by atomic mass is 19.1. The Kier molecular flexibility index (Phi) is 10.5. The predicted molar refractivity (Wildman–Crippen MR) is 192 cm³/mol. The maximum Gasteiger partial charge on any atom is 0.355 e. The van der Waals surface area contributed by atoms with Crippen molar-refractivity contribution in [2.45, 2.75) is 45.8 Å². The molecule has 1 fully saturated rings. The Morgan fingerprint density at radius 1 is 1.04 bits per heavy atom. The largest absolute Gasteiger partial charge is 0.493 e. The third kappa shape index (κ3) is 7.02. The number of aromatic nitrogens is 3. The summed E-state index contributed by atoms with van der Waals surface area (Å²) in [4.78, 5) is 16.2. The molecule has 51 heavy (non-hydrogen) atoms. The van der Waals surface area contributed by atoms with Crippen LogP contribution in [0.3, 0.4) is 0 Å². The number of carbonyl (C=O) groups is 1. The molecule has 11 heteroatoms. The molecule has 2 aliphatic heterocycles. The summed E-state index contributed by atoms with van der Waals surface area (Å²) in [6.45, 7) is 8.85. The summed E-state index contributed by atoms with van der Waals surface area (Å²) >= 11 is 0. The van der Waals surface area contributed by atoms with Gasteiger partial charge in [0.2, 0.25) is 0 Å². The normalized spacial score (nSPS) is 17.3. The van der Waals surface area contributed by atoms with Gasteiger partial charge in [-0.3, -0.25) is 9.58 Å². The fourth-order valence-electron chi connectivity index (χ4n) is 7.39. The Balaban J connectivity index is 1.29. The lowest BCUT2D eigenvalue weighted by atomic mass is 9.95. The van der Waals surface area contributed by atoms with E-state index in [0.717, 1.165) is 47.1 Å². The third-order valence-corrected chi connectivity index (χ3v) is 9.95. The van der Waals surface area contributed by atoms with Crippen LogP contribution in [0.2, 0.25) is 0 Å². The van der Waals surface area contributed by atoms with Crippen molar-refractivity contribution < 1.29 is 32.5 Å². The van der Waals surface area contributed by atoms with E-state index in [1.165, 1.54) is 18.2 Å². The van der Waals surface area contributed by atoms with Gasteiger partial charge in [0.25, 0.3) is 0 Å². The number of rotatable bonds is 10. The van der Waals surface area contributed by atoms with Gasteiger partial charge in [-0.15, -0.1) is 0 Å². The molecule has 0 saturated carbocycles. The molecule has 0 spiro atoms. The minimum atomic E-state index is -0.460. The second-order valence-corrected chi connectivity index (χ2v) is 13.1. The highest BCUT2D eigenvalue weighted by Gasteiger charge is 2.32. The van der Waals surface area contributed by atoms with Crippen LogP contribution in [-0.4, -0.2) is 77.9 Å². The van der Waals surface area contributed by atoms with E-state index in [2.05, 4.69) is 4.90 Å². The van der Waals surface area contributed by atoms with Gasteiger partial charge in [0.05, 0.1) is 44.2 Å². The number of morpholine rings is 1. The van der Waals surface area contributed by atoms with E-state index < -0.39 is 11.8 Å². The molecular weight excluding hydrogens is 654 g/mol. The van der Waals surface area contributed by atoms with E-state index in [4.69, 9.17) is 24.0 Å². The lowest BCUT2D eigenvalue weighted by molar-refractivity contribution is 0.0176. The Hall–Kier alpha value is -4.58. The van der Waals surface area contributed by atoms with Crippen molar-refractivity contribution in [3.63, 3.8) is 0 Å². The van der Waals surface area contributed by atoms with Gasteiger partial charge >= 0.3 is 5.97 Å². The highest BCUT2D eigenvalue weighted by molar-refractivity contribution is 6.05. The number of fused-ring (bicyclic) bond motifs is 3. The van der Waals surface area contributed by atoms with E-state index in [1.54, 1.807) is 23.7 Å². The van der Waals surface area contributed by atoms with E-state index in [1.807, 2.05) is 48.9 Å². The van der Waals surface area contributed by atoms with E-state index >= 15 is 4.39 Å². The molecule has 0 bridgehead atoms. The van der Waals surface area contributed by atoms with E-state index in [0.29, 0.717) is 86.0 Å². The summed E-state index contributed by atoms with van der Waals surface area (Å²) < 4.78 is 57.9. The first-order chi connectivity index (χ1) is 24.9. The zero-order chi connectivity index (χ0) is 35.5. The zero-order valence-electron chi connectivity index (χ0n) is 29.4. The molecule has 4 heterocycles. The number of aryl methyl sites for hydroxylation is 2. The van der Waals surface area contributed by atoms with Gasteiger partial charge in [-0.05, 0) is 80.5 Å². The van der Waals surface area contributed by atoms with Crippen LogP contribution in [0.1, 0.15) is 53.3 Å². The number of carbonyl (C=O) groups excluding carboxylic acids is 1. The average molecular weight is 699 g/mol. The summed E-state index contributed by atoms with van der Waals surface area (Å²) in [5.74, 6) is -0.497. The van der Waals surface area contributed by atoms with Crippen molar-refractivity contribution in [1.29, 1.82) is 0 Å². The molecule has 1 atom stereocenters. The maximum absolute atomic E-state index is 16.5. The monoisotopic (exact) mass is 698 g/mol. The molecule has 1 saturated heterocycles. The number of nitrogens with zero attached hydrogens (tertiary/aromatic N) is 4. The van der Waals surface area contributed by atoms with Crippen LogP contribution in [0.5, 0.6) is 5.75 Å². The second-order valence-electron chi connectivity index (χ2n) is 13.1. The summed E-state index contributed by atoms with van der Waals surface area (Å²) in [6.07, 6.45) is 5.26. The number of halogens is 2. The van der Waals surface area contributed by atoms with Gasteiger partial charge in [0.1, 0.15) is 29.2 Å². The summed E-state index contributed by atoms with van der Waals surface area (Å²) in [5.41, 5.74) is 4.38. The fraction of sp³-hybridized carbons (Fsp3) is 0.400. The SMILES string of the molecule is CCOC(=O)c1c(CCCOc2cccc3cc(F)ccc23)c2ccc(F)c3c2n1C/C=C\COC(CCN1CCOCC1)c1nn(C)c(C)c1-3. The Bertz CT molecular complexity index is 2080. The Morgan fingerprint density at radius 3 is 2.69 bits per heavy atom. The van der Waals surface area contributed by atoms with Crippen molar-refractivity contribution in [2.75, 3.05) is 52.7 Å². The Morgan fingerprint density at radius 2 is 1.86 bits per heavy atom. The molecule has 5 aromatic rings. The lowest BCUT2D eigenvalue weighted by Crippen LogP contribution is -2.37. The van der Waals surface area contributed by atoms with Gasteiger partial charge in [-0.1, -0.05) is 24.3 Å². The lowest BCUT2D eigenvalue weighted by Gasteiger charge is -2.28. The first kappa shape index (κ1) is 34.9. The molecule has 0 N–H and O–H groups in total. The third-order valence-electron chi connectivity index (χ3n) is 9.95. The van der Waals surface area contributed by atoms with Crippen molar-refractivity contribution in [3.8, 4) is 16.9 Å². The molecule has 1 unspecified atom stereocenters. The van der Waals surface area contributed by atoms with Gasteiger partial charge in [0.15, 0.2) is 0 Å². The number of esters is 1. The topological polar surface area (TPSA) is 80.0 Å². The smallest absolute Gasteiger partial charge is 0.355 e. The molecule has 3 aromatic carbocycles. The summed E-state index contributed by atoms with van der Waals surface area (Å²) in [5, 5.41) is 7.29. The minimum Gasteiger partial charge on any atom is -0.493 e. The molecule has 2 aromatic heterocycles. The molecule has 9 nitrogen and oxygen atoms in total. The fourth-order valence-corrected chi connectivity index (χ4v) is 7.39. The maximum atomic E-state index is 16.5. The average Bonchev–Trinajstić information content (AvgIpc) is 3.59. The molecule has 0 aliphatic carbocycles. The quantitative estimate of drug-likeness (QED) is 0.0860. The summed E-state index contributed by atoms with van der Waals surface area (Å²) in [7, 11) is 1.87. The van der Waals surface area contributed by atoms with Crippen LogP contribution in [0.25, 0.3) is 32.8 Å². The van der Waals surface area contributed by atoms with Crippen molar-refractivity contribution >= 4 is 27.6 Å². The van der Waals surface area contributed by atoms with Crippen LogP contribution >= 0.6 is 0 Å². The number of allylic oxidation sites excluding steroid dienone is 1. The molecular formula is C40H44F2N4O5. The minimum absolute atomic E-state index is 0.201. The van der Waals surface area contributed by atoms with Crippen LogP contribution < -0.4 is 4.74 Å². The van der Waals surface area contributed by atoms with Crippen molar-refractivity contribution in [3.05, 3.63) is 95.0 Å². The first-order valence-electron chi connectivity index (χ1n) is 17.8. The predicted octanol–water partition coefficient (Wildman–Crippen LogP) is 7.32. The van der Waals surface area contributed by atoms with Gasteiger partial charge in [-0.25, -0.2) is 13.6 Å². The van der Waals surface area contributed by atoms with Crippen LogP contribution in [0.15, 0.2) is 60.7 Å². The first-order valence-corrected chi connectivity index (χ1v) is 17.8. The van der Waals surface area contributed by atoms with Gasteiger partial charge < -0.3 is 23.5 Å². The van der Waals surface area contributed by atoms with Gasteiger partial charge in [-0.2, -0.15) is 5.10 Å². The van der Waals surface area contributed by atoms with Crippen molar-refractivity contribution in [2.24, 2.45) is 7.05 Å². The van der Waals surface area contributed by atoms with Crippen LogP contribution in [0, 0.1) is 18.6 Å². The summed E-state index contributed by atoms with van der Waals surface area (Å²) in [6, 6.07) is 13.4. The molecule has 0 radical (unpaired) electrons. The van der Waals surface area contributed by atoms with E-state index in [9.17, 15) is 9.18 Å². The van der Waals surface area contributed by atoms with Crippen LogP contribution in [0.4, 0.5) is 8.78 Å². The molecule has 0 amide bonds. The molecule has 2 aliphatic rings. The molecule has 7 rings (SSSR count). The van der Waals surface area contributed by atoms with Crippen LogP contribution in [-0.2, 0) is 34.2 Å². The number of hydrogen-bond acceptors (Lipinski definition) is 7. The molecule has 268 valence electrons. The number of hydrogen-bond donors (Lipinski definition) is 0. The highest BCUT2D eigenvalue weighted by Crippen LogP contribution is 2.42. The Labute approximate surface area is 296 Å². The second kappa shape index (κ2) is 15.3. The van der Waals surface area contributed by atoms with Gasteiger partial charge in [0, 0.05) is 60.8 Å². The van der Waals surface area contributed by atoms with E-state index in [-0.39, 0.29) is 18.5 Å². The van der Waals surface area contributed by atoms with Crippen molar-refractivity contribution in [1.82, 2.24) is 19.2 Å². The standard InChI is InChI=1S/C40H44F2N4O5/c1-4-49-40(47)39-30(10-8-22-50-33-11-7-9-27-25-28(41)12-13-29(27)33)31-14-15-32(42)36-35-26(2)44(3)43-37(35)34(16-18-45-19-23-48-24-20-45)51-21-6-5-17-46(39)38(31)36/h5-7,9,11-15,25,34H,4,8,10,16-24H2,1-3H3/b6-5-. The zero-order valence-corrected chi connectivity index (χ0v) is 29.4. The number of benzene rings is 3. The number of ether oxygens (including phenoxy) is 4.